The maximum absolute atomic E-state index is 12.5. The Morgan fingerprint density at radius 3 is 2.88 bits per heavy atom. The van der Waals surface area contributed by atoms with Crippen molar-refractivity contribution >= 4 is 27.9 Å². The van der Waals surface area contributed by atoms with E-state index in [0.29, 0.717) is 27.6 Å². The summed E-state index contributed by atoms with van der Waals surface area (Å²) in [5, 5.41) is 23.8. The molecule has 1 heterocycles. The average molecular weight is 355 g/mol. The molecule has 0 spiro atoms. The number of carbonyl (C=O) groups is 1. The maximum Gasteiger partial charge on any atom is 0.272 e. The van der Waals surface area contributed by atoms with Crippen LogP contribution >= 0.6 is 11.3 Å². The Hall–Kier alpha value is -2.72. The number of hydrogen-bond donors (Lipinski definition) is 1. The van der Waals surface area contributed by atoms with Crippen LogP contribution in [0.25, 0.3) is 0 Å². The van der Waals surface area contributed by atoms with E-state index in [1.807, 2.05) is 0 Å². The number of benzene rings is 1. The van der Waals surface area contributed by atoms with Gasteiger partial charge in [-0.15, -0.1) is 11.3 Å². The molecular weight excluding hydrogens is 338 g/mol. The molecule has 2 aromatic rings. The number of anilines is 1. The van der Waals surface area contributed by atoms with Crippen LogP contribution < -0.4 is 5.32 Å². The summed E-state index contributed by atoms with van der Waals surface area (Å²) in [6.45, 7) is 3.79. The second-order valence-electron chi connectivity index (χ2n) is 6.38. The highest BCUT2D eigenvalue weighted by Crippen LogP contribution is 2.39. The van der Waals surface area contributed by atoms with Crippen molar-refractivity contribution in [2.75, 3.05) is 5.32 Å². The molecule has 1 unspecified atom stereocenters. The minimum Gasteiger partial charge on any atom is -0.312 e. The zero-order valence-electron chi connectivity index (χ0n) is 14.0. The molecule has 1 atom stereocenters. The molecule has 0 aliphatic heterocycles. The van der Waals surface area contributed by atoms with Crippen molar-refractivity contribution < 1.29 is 9.72 Å². The van der Waals surface area contributed by atoms with Gasteiger partial charge in [-0.25, -0.2) is 0 Å². The number of thiophene rings is 1. The van der Waals surface area contributed by atoms with Crippen LogP contribution in [0.2, 0.25) is 0 Å². The lowest BCUT2D eigenvalue weighted by atomic mass is 9.88. The van der Waals surface area contributed by atoms with Crippen molar-refractivity contribution in [2.45, 2.75) is 33.1 Å². The number of carbonyl (C=O) groups excluding carboxylic acids is 1. The number of nitriles is 1. The van der Waals surface area contributed by atoms with Gasteiger partial charge >= 0.3 is 0 Å². The van der Waals surface area contributed by atoms with Gasteiger partial charge in [-0.05, 0) is 49.8 Å². The Labute approximate surface area is 149 Å². The number of nitro groups is 1. The highest BCUT2D eigenvalue weighted by molar-refractivity contribution is 7.16. The van der Waals surface area contributed by atoms with Crippen LogP contribution in [-0.4, -0.2) is 10.8 Å². The van der Waals surface area contributed by atoms with E-state index in [0.717, 1.165) is 24.8 Å². The normalized spacial score (nSPS) is 16.0. The van der Waals surface area contributed by atoms with E-state index in [1.165, 1.54) is 34.4 Å². The lowest BCUT2D eigenvalue weighted by molar-refractivity contribution is -0.385. The molecule has 1 amide bonds. The third kappa shape index (κ3) is 3.26. The van der Waals surface area contributed by atoms with Crippen molar-refractivity contribution in [2.24, 2.45) is 5.92 Å². The number of fused-ring (bicyclic) bond motifs is 1. The van der Waals surface area contributed by atoms with Gasteiger partial charge < -0.3 is 5.32 Å². The molecule has 3 rings (SSSR count). The summed E-state index contributed by atoms with van der Waals surface area (Å²) in [5.41, 5.74) is 2.36. The minimum atomic E-state index is -0.473. The molecule has 0 saturated carbocycles. The Bertz CT molecular complexity index is 911. The SMILES string of the molecule is Cc1cc(C(=O)Nc2sc3c(c2C#N)CCC(C)C3)ccc1[N+](=O)[O-]. The van der Waals surface area contributed by atoms with Gasteiger partial charge in [-0.2, -0.15) is 5.26 Å². The minimum absolute atomic E-state index is 0.0187. The number of nitrogens with zero attached hydrogens (tertiary/aromatic N) is 2. The van der Waals surface area contributed by atoms with Gasteiger partial charge in [0.05, 0.1) is 10.5 Å². The second kappa shape index (κ2) is 6.65. The number of amides is 1. The first-order valence-electron chi connectivity index (χ1n) is 8.01. The van der Waals surface area contributed by atoms with Crippen LogP contribution in [0.4, 0.5) is 10.7 Å². The lowest BCUT2D eigenvalue weighted by Gasteiger charge is -2.17. The first kappa shape index (κ1) is 17.1. The van der Waals surface area contributed by atoms with E-state index in [1.54, 1.807) is 6.92 Å². The summed E-state index contributed by atoms with van der Waals surface area (Å²) in [6, 6.07) is 6.47. The van der Waals surface area contributed by atoms with Gasteiger partial charge in [-0.1, -0.05) is 6.92 Å². The Morgan fingerprint density at radius 2 is 2.24 bits per heavy atom. The summed E-state index contributed by atoms with van der Waals surface area (Å²) >= 11 is 1.46. The van der Waals surface area contributed by atoms with Crippen LogP contribution in [0.1, 0.15) is 45.3 Å². The fraction of sp³-hybridized carbons (Fsp3) is 0.333. The molecule has 1 N–H and O–H groups in total. The highest BCUT2D eigenvalue weighted by atomic mass is 32.1. The molecule has 0 fully saturated rings. The smallest absolute Gasteiger partial charge is 0.272 e. The quantitative estimate of drug-likeness (QED) is 0.659. The van der Waals surface area contributed by atoms with Gasteiger partial charge in [0.1, 0.15) is 11.1 Å². The number of nitro benzene ring substituents is 1. The molecule has 7 heteroatoms. The number of nitrogens with one attached hydrogen (secondary N) is 1. The Balaban J connectivity index is 1.88. The monoisotopic (exact) mass is 355 g/mol. The van der Waals surface area contributed by atoms with Crippen molar-refractivity contribution in [3.05, 3.63) is 55.4 Å². The largest absolute Gasteiger partial charge is 0.312 e. The van der Waals surface area contributed by atoms with E-state index in [4.69, 9.17) is 0 Å². The summed E-state index contributed by atoms with van der Waals surface area (Å²) < 4.78 is 0. The molecular formula is C18H17N3O3S. The molecule has 1 aromatic carbocycles. The van der Waals surface area contributed by atoms with Crippen molar-refractivity contribution in [3.8, 4) is 6.07 Å². The van der Waals surface area contributed by atoms with Crippen LogP contribution in [-0.2, 0) is 12.8 Å². The van der Waals surface area contributed by atoms with Crippen LogP contribution in [0.15, 0.2) is 18.2 Å². The third-order valence-electron chi connectivity index (χ3n) is 4.51. The van der Waals surface area contributed by atoms with E-state index < -0.39 is 4.92 Å². The number of rotatable bonds is 3. The molecule has 25 heavy (non-hydrogen) atoms. The second-order valence-corrected chi connectivity index (χ2v) is 7.49. The highest BCUT2D eigenvalue weighted by Gasteiger charge is 2.25. The van der Waals surface area contributed by atoms with Gasteiger partial charge in [-0.3, -0.25) is 14.9 Å². The van der Waals surface area contributed by atoms with Gasteiger partial charge in [0.25, 0.3) is 11.6 Å². The van der Waals surface area contributed by atoms with Crippen LogP contribution in [0.5, 0.6) is 0 Å². The summed E-state index contributed by atoms with van der Waals surface area (Å²) in [4.78, 5) is 24.1. The first-order valence-corrected chi connectivity index (χ1v) is 8.83. The topological polar surface area (TPSA) is 96.0 Å². The van der Waals surface area contributed by atoms with Gasteiger partial charge in [0.2, 0.25) is 0 Å². The van der Waals surface area contributed by atoms with E-state index in [9.17, 15) is 20.2 Å². The zero-order chi connectivity index (χ0) is 18.1. The molecule has 1 aromatic heterocycles. The average Bonchev–Trinajstić information content (AvgIpc) is 2.90. The molecule has 1 aliphatic rings. The summed E-state index contributed by atoms with van der Waals surface area (Å²) in [5.74, 6) is 0.222. The fourth-order valence-electron chi connectivity index (χ4n) is 3.13. The van der Waals surface area contributed by atoms with Gasteiger partial charge in [0.15, 0.2) is 0 Å². The number of aryl methyl sites for hydroxylation is 1. The molecule has 0 radical (unpaired) electrons. The number of hydrogen-bond acceptors (Lipinski definition) is 5. The van der Waals surface area contributed by atoms with E-state index in [2.05, 4.69) is 18.3 Å². The van der Waals surface area contributed by atoms with E-state index >= 15 is 0 Å². The molecule has 0 saturated heterocycles. The van der Waals surface area contributed by atoms with Crippen molar-refractivity contribution in [3.63, 3.8) is 0 Å². The molecule has 0 bridgehead atoms. The van der Waals surface area contributed by atoms with Crippen molar-refractivity contribution in [1.29, 1.82) is 5.26 Å². The first-order chi connectivity index (χ1) is 11.9. The summed E-state index contributed by atoms with van der Waals surface area (Å²) in [6.07, 6.45) is 2.84. The standard InChI is InChI=1S/C18H17N3O3S/c1-10-3-5-13-14(9-19)18(25-16(13)7-10)20-17(22)12-4-6-15(21(23)24)11(2)8-12/h4,6,8,10H,3,5,7H2,1-2H3,(H,20,22). The van der Waals surface area contributed by atoms with Crippen LogP contribution in [0.3, 0.4) is 0 Å². The zero-order valence-corrected chi connectivity index (χ0v) is 14.8. The molecule has 6 nitrogen and oxygen atoms in total. The third-order valence-corrected chi connectivity index (χ3v) is 5.68. The predicted molar refractivity (Wildman–Crippen MR) is 96.0 cm³/mol. The summed E-state index contributed by atoms with van der Waals surface area (Å²) in [7, 11) is 0. The predicted octanol–water partition coefficient (Wildman–Crippen LogP) is 4.21. The van der Waals surface area contributed by atoms with Crippen molar-refractivity contribution in [1.82, 2.24) is 0 Å². The van der Waals surface area contributed by atoms with E-state index in [-0.39, 0.29) is 11.6 Å². The fourth-order valence-corrected chi connectivity index (χ4v) is 4.49. The molecule has 1 aliphatic carbocycles. The maximum atomic E-state index is 12.5. The van der Waals surface area contributed by atoms with Crippen LogP contribution in [0, 0.1) is 34.3 Å². The van der Waals surface area contributed by atoms with Gasteiger partial charge in [0, 0.05) is 22.1 Å². The Morgan fingerprint density at radius 1 is 1.48 bits per heavy atom. The Kier molecular flexibility index (Phi) is 4.55. The lowest BCUT2D eigenvalue weighted by Crippen LogP contribution is -2.12. The molecule has 128 valence electrons.